The van der Waals surface area contributed by atoms with Crippen LogP contribution in [-0.2, 0) is 4.79 Å². The van der Waals surface area contributed by atoms with Gasteiger partial charge in [0.05, 0.1) is 0 Å². The van der Waals surface area contributed by atoms with Gasteiger partial charge < -0.3 is 5.11 Å². The Hall–Kier alpha value is -1.87. The largest absolute Gasteiger partial charge is 0.478 e. The van der Waals surface area contributed by atoms with Crippen LogP contribution in [0.5, 0.6) is 0 Å². The van der Waals surface area contributed by atoms with Gasteiger partial charge in [-0.3, -0.25) is 0 Å². The zero-order valence-electron chi connectivity index (χ0n) is 8.46. The van der Waals surface area contributed by atoms with Crippen molar-refractivity contribution in [3.8, 4) is 0 Å². The molecule has 0 aliphatic carbocycles. The molecule has 0 atom stereocenters. The summed E-state index contributed by atoms with van der Waals surface area (Å²) in [5.41, 5.74) is 2.61. The van der Waals surface area contributed by atoms with E-state index in [1.807, 2.05) is 47.2 Å². The quantitative estimate of drug-likeness (QED) is 0.822. The summed E-state index contributed by atoms with van der Waals surface area (Å²) in [5.74, 6) is -0.926. The fraction of sp³-hybridized carbons (Fsp3) is 0. The number of hydrogen-bond acceptors (Lipinski definition) is 2. The highest BCUT2D eigenvalue weighted by Gasteiger charge is 2.06. The Balaban J connectivity index is 2.49. The molecule has 0 bridgehead atoms. The van der Waals surface area contributed by atoms with E-state index in [1.54, 1.807) is 11.3 Å². The van der Waals surface area contributed by atoms with Crippen molar-refractivity contribution in [2.75, 3.05) is 0 Å². The molecule has 0 unspecified atom stereocenters. The number of carboxylic acids is 1. The molecule has 0 saturated heterocycles. The molecule has 1 aromatic carbocycles. The van der Waals surface area contributed by atoms with Crippen LogP contribution in [0.25, 0.3) is 5.57 Å². The second-order valence-corrected chi connectivity index (χ2v) is 4.05. The van der Waals surface area contributed by atoms with Crippen LogP contribution in [0.1, 0.15) is 11.1 Å². The summed E-state index contributed by atoms with van der Waals surface area (Å²) in [7, 11) is 0. The van der Waals surface area contributed by atoms with Crippen LogP contribution < -0.4 is 0 Å². The van der Waals surface area contributed by atoms with Crippen molar-refractivity contribution >= 4 is 22.9 Å². The Kier molecular flexibility index (Phi) is 3.17. The van der Waals surface area contributed by atoms with Crippen molar-refractivity contribution in [1.82, 2.24) is 0 Å². The molecule has 2 aromatic rings. The van der Waals surface area contributed by atoms with Crippen LogP contribution in [0.15, 0.2) is 53.2 Å². The topological polar surface area (TPSA) is 37.3 Å². The van der Waals surface area contributed by atoms with E-state index in [-0.39, 0.29) is 0 Å². The lowest BCUT2D eigenvalue weighted by Gasteiger charge is -2.04. The Morgan fingerprint density at radius 3 is 2.44 bits per heavy atom. The van der Waals surface area contributed by atoms with Crippen molar-refractivity contribution in [2.24, 2.45) is 0 Å². The average Bonchev–Trinajstić information content (AvgIpc) is 2.80. The number of benzene rings is 1. The van der Waals surface area contributed by atoms with Crippen LogP contribution in [0, 0.1) is 0 Å². The maximum Gasteiger partial charge on any atom is 0.328 e. The molecule has 0 spiro atoms. The molecule has 16 heavy (non-hydrogen) atoms. The fourth-order valence-electron chi connectivity index (χ4n) is 1.49. The third-order valence-corrected chi connectivity index (χ3v) is 2.87. The Morgan fingerprint density at radius 1 is 1.12 bits per heavy atom. The summed E-state index contributed by atoms with van der Waals surface area (Å²) in [5, 5.41) is 12.8. The van der Waals surface area contributed by atoms with Gasteiger partial charge in [0.2, 0.25) is 0 Å². The predicted molar refractivity (Wildman–Crippen MR) is 65.5 cm³/mol. The Bertz CT molecular complexity index is 498. The van der Waals surface area contributed by atoms with Gasteiger partial charge in [-0.25, -0.2) is 4.79 Å². The number of hydrogen-bond donors (Lipinski definition) is 1. The van der Waals surface area contributed by atoms with Crippen molar-refractivity contribution in [3.63, 3.8) is 0 Å². The number of rotatable bonds is 3. The molecule has 1 aromatic heterocycles. The molecular formula is C13H10O2S. The predicted octanol–water partition coefficient (Wildman–Crippen LogP) is 3.26. The number of thiophene rings is 1. The van der Waals surface area contributed by atoms with E-state index >= 15 is 0 Å². The van der Waals surface area contributed by atoms with Gasteiger partial charge in [0.25, 0.3) is 0 Å². The van der Waals surface area contributed by atoms with Gasteiger partial charge in [-0.1, -0.05) is 30.3 Å². The maximum atomic E-state index is 10.8. The lowest BCUT2D eigenvalue weighted by atomic mass is 10.0. The van der Waals surface area contributed by atoms with E-state index in [4.69, 9.17) is 5.11 Å². The first-order chi connectivity index (χ1) is 7.77. The van der Waals surface area contributed by atoms with E-state index in [2.05, 4.69) is 0 Å². The monoisotopic (exact) mass is 230 g/mol. The highest BCUT2D eigenvalue weighted by Crippen LogP contribution is 2.24. The van der Waals surface area contributed by atoms with Gasteiger partial charge in [0.1, 0.15) is 0 Å². The molecule has 0 amide bonds. The van der Waals surface area contributed by atoms with Gasteiger partial charge in [-0.2, -0.15) is 11.3 Å². The third-order valence-electron chi connectivity index (χ3n) is 2.18. The van der Waals surface area contributed by atoms with E-state index < -0.39 is 5.97 Å². The van der Waals surface area contributed by atoms with Crippen LogP contribution in [0.4, 0.5) is 0 Å². The zero-order chi connectivity index (χ0) is 11.4. The Morgan fingerprint density at radius 2 is 1.88 bits per heavy atom. The lowest BCUT2D eigenvalue weighted by molar-refractivity contribution is -0.131. The summed E-state index contributed by atoms with van der Waals surface area (Å²) in [4.78, 5) is 10.8. The SMILES string of the molecule is O=C(O)C=C(c1ccccc1)c1ccsc1. The third kappa shape index (κ3) is 2.38. The highest BCUT2D eigenvalue weighted by atomic mass is 32.1. The zero-order valence-corrected chi connectivity index (χ0v) is 9.28. The minimum Gasteiger partial charge on any atom is -0.478 e. The van der Waals surface area contributed by atoms with E-state index in [9.17, 15) is 4.79 Å². The van der Waals surface area contributed by atoms with Crippen LogP contribution in [0.3, 0.4) is 0 Å². The minimum absolute atomic E-state index is 0.745. The summed E-state index contributed by atoms with van der Waals surface area (Å²) >= 11 is 1.56. The van der Waals surface area contributed by atoms with Gasteiger partial charge in [0, 0.05) is 6.08 Å². The van der Waals surface area contributed by atoms with E-state index in [1.165, 1.54) is 6.08 Å². The van der Waals surface area contributed by atoms with Gasteiger partial charge in [-0.05, 0) is 33.5 Å². The normalized spacial score (nSPS) is 11.4. The first kappa shape index (κ1) is 10.6. The molecule has 2 rings (SSSR count). The first-order valence-electron chi connectivity index (χ1n) is 4.80. The molecule has 0 aliphatic rings. The standard InChI is InChI=1S/C13H10O2S/c14-13(15)8-12(11-6-7-16-9-11)10-4-2-1-3-5-10/h1-9H,(H,14,15). The van der Waals surface area contributed by atoms with Gasteiger partial charge in [-0.15, -0.1) is 0 Å². The molecule has 1 N–H and O–H groups in total. The van der Waals surface area contributed by atoms with Crippen molar-refractivity contribution in [1.29, 1.82) is 0 Å². The van der Waals surface area contributed by atoms with Crippen LogP contribution in [0.2, 0.25) is 0 Å². The van der Waals surface area contributed by atoms with Crippen LogP contribution in [-0.4, -0.2) is 11.1 Å². The molecular weight excluding hydrogens is 220 g/mol. The molecule has 0 aliphatic heterocycles. The van der Waals surface area contributed by atoms with Crippen LogP contribution >= 0.6 is 11.3 Å². The second-order valence-electron chi connectivity index (χ2n) is 3.27. The highest BCUT2D eigenvalue weighted by molar-refractivity contribution is 7.08. The van der Waals surface area contributed by atoms with Gasteiger partial charge in [0.15, 0.2) is 0 Å². The smallest absolute Gasteiger partial charge is 0.328 e. The van der Waals surface area contributed by atoms with Crippen molar-refractivity contribution in [2.45, 2.75) is 0 Å². The van der Waals surface area contributed by atoms with E-state index in [0.29, 0.717) is 0 Å². The number of aliphatic carboxylic acids is 1. The lowest BCUT2D eigenvalue weighted by Crippen LogP contribution is -1.93. The van der Waals surface area contributed by atoms with Crippen molar-refractivity contribution in [3.05, 3.63) is 64.4 Å². The molecule has 0 saturated carbocycles. The molecule has 3 heteroatoms. The van der Waals surface area contributed by atoms with Gasteiger partial charge >= 0.3 is 5.97 Å². The minimum atomic E-state index is -0.926. The fourth-order valence-corrected chi connectivity index (χ4v) is 2.15. The summed E-state index contributed by atoms with van der Waals surface area (Å²) in [6.45, 7) is 0. The number of carboxylic acid groups (broad SMARTS) is 1. The molecule has 80 valence electrons. The summed E-state index contributed by atoms with van der Waals surface area (Å²) in [6.07, 6.45) is 1.25. The summed E-state index contributed by atoms with van der Waals surface area (Å²) < 4.78 is 0. The van der Waals surface area contributed by atoms with Crippen molar-refractivity contribution < 1.29 is 9.90 Å². The number of carbonyl (C=O) groups is 1. The first-order valence-corrected chi connectivity index (χ1v) is 5.74. The molecule has 0 radical (unpaired) electrons. The van der Waals surface area contributed by atoms with E-state index in [0.717, 1.165) is 16.7 Å². The second kappa shape index (κ2) is 4.77. The molecule has 0 fully saturated rings. The molecule has 1 heterocycles. The average molecular weight is 230 g/mol. The molecule has 2 nitrogen and oxygen atoms in total. The maximum absolute atomic E-state index is 10.8. The Labute approximate surface area is 97.5 Å². The summed E-state index contributed by atoms with van der Waals surface area (Å²) in [6, 6.07) is 11.5.